The molecule has 3 aromatic rings. The zero-order valence-corrected chi connectivity index (χ0v) is 15.9. The molecule has 3 heterocycles. The summed E-state index contributed by atoms with van der Waals surface area (Å²) in [6.45, 7) is 1.43. The first kappa shape index (κ1) is 19.0. The number of nitriles is 1. The number of aromatic nitrogens is 4. The number of hydrogen-bond acceptors (Lipinski definition) is 7. The molecule has 29 heavy (non-hydrogen) atoms. The van der Waals surface area contributed by atoms with Gasteiger partial charge in [-0.05, 0) is 24.7 Å². The third kappa shape index (κ3) is 4.56. The Balaban J connectivity index is 1.36. The maximum Gasteiger partial charge on any atom is 0.158 e. The van der Waals surface area contributed by atoms with Crippen molar-refractivity contribution in [3.05, 3.63) is 60.4 Å². The van der Waals surface area contributed by atoms with Gasteiger partial charge in [-0.15, -0.1) is 0 Å². The Morgan fingerprint density at radius 3 is 2.66 bits per heavy atom. The smallest absolute Gasteiger partial charge is 0.158 e. The number of halogens is 1. The predicted molar refractivity (Wildman–Crippen MR) is 105 cm³/mol. The molecule has 0 bridgehead atoms. The maximum absolute atomic E-state index is 13.8. The highest BCUT2D eigenvalue weighted by Gasteiger charge is 2.31. The molecule has 2 atom stereocenters. The fraction of sp³-hybridized carbons (Fsp3) is 0.300. The Bertz CT molecular complexity index is 997. The quantitative estimate of drug-likeness (QED) is 0.688. The van der Waals surface area contributed by atoms with E-state index in [4.69, 9.17) is 10.00 Å². The largest absolute Gasteiger partial charge is 0.369 e. The summed E-state index contributed by atoms with van der Waals surface area (Å²) in [5.74, 6) is 1.11. The summed E-state index contributed by atoms with van der Waals surface area (Å²) in [6.07, 6.45) is 5.09. The Hall–Kier alpha value is -3.35. The topological polar surface area (TPSA) is 91.9 Å². The molecule has 148 valence electrons. The monoisotopic (exact) mass is 393 g/mol. The van der Waals surface area contributed by atoms with Gasteiger partial charge in [-0.3, -0.25) is 0 Å². The first-order chi connectivity index (χ1) is 14.1. The molecule has 0 aliphatic carbocycles. The number of alkyl halides is 1. The van der Waals surface area contributed by atoms with E-state index in [0.717, 1.165) is 11.3 Å². The molecule has 0 saturated carbocycles. The van der Waals surface area contributed by atoms with E-state index in [1.54, 1.807) is 6.33 Å². The van der Waals surface area contributed by atoms with Gasteiger partial charge >= 0.3 is 0 Å². The third-order valence-electron chi connectivity index (χ3n) is 4.68. The van der Waals surface area contributed by atoms with Gasteiger partial charge in [-0.1, -0.05) is 12.1 Å². The van der Waals surface area contributed by atoms with E-state index in [0.29, 0.717) is 31.3 Å². The molecule has 4 rings (SSSR count). The Labute approximate surface area is 167 Å². The molecule has 2 aromatic heterocycles. The summed E-state index contributed by atoms with van der Waals surface area (Å²) in [5, 5.41) is 11.8. The van der Waals surface area contributed by atoms with Crippen LogP contribution in [0.3, 0.4) is 0 Å². The molecule has 1 fully saturated rings. The van der Waals surface area contributed by atoms with Crippen molar-refractivity contribution >= 4 is 11.6 Å². The fourth-order valence-electron chi connectivity index (χ4n) is 3.15. The van der Waals surface area contributed by atoms with Crippen molar-refractivity contribution in [2.45, 2.75) is 18.9 Å². The van der Waals surface area contributed by atoms with Crippen LogP contribution in [0.25, 0.3) is 5.69 Å². The van der Waals surface area contributed by atoms with Gasteiger partial charge < -0.3 is 19.5 Å². The first-order valence-electron chi connectivity index (χ1n) is 9.17. The number of nitrogens with one attached hydrogen (secondary N) is 1. The van der Waals surface area contributed by atoms with Crippen LogP contribution in [-0.2, 0) is 11.3 Å². The van der Waals surface area contributed by atoms with Gasteiger partial charge in [0.15, 0.2) is 5.69 Å². The van der Waals surface area contributed by atoms with Gasteiger partial charge in [0.2, 0.25) is 0 Å². The van der Waals surface area contributed by atoms with Gasteiger partial charge in [0, 0.05) is 18.8 Å². The number of benzene rings is 1. The van der Waals surface area contributed by atoms with Gasteiger partial charge in [-0.2, -0.15) is 5.26 Å². The van der Waals surface area contributed by atoms with Crippen LogP contribution in [0, 0.1) is 11.3 Å². The van der Waals surface area contributed by atoms with Crippen molar-refractivity contribution in [1.29, 1.82) is 5.26 Å². The standard InChI is InChI=1S/C20H20FN7O/c1-27-9-17(21)18(10-27)29-12-14-2-4-16(5-3-14)28-11-20(25-13-28)26-19-8-23-15(6-22)7-24-19/h2-5,7-8,11,13,17-18H,9-10,12H2,1H3,(H,24,26)/t17-,18+/m1/s1. The number of rotatable bonds is 6. The second-order valence-corrected chi connectivity index (χ2v) is 6.94. The van der Waals surface area contributed by atoms with Crippen LogP contribution in [0.2, 0.25) is 0 Å². The minimum atomic E-state index is -0.933. The second kappa shape index (κ2) is 8.34. The number of anilines is 2. The minimum absolute atomic E-state index is 0.257. The predicted octanol–water partition coefficient (Wildman–Crippen LogP) is 2.45. The lowest BCUT2D eigenvalue weighted by molar-refractivity contribution is 0.0120. The third-order valence-corrected chi connectivity index (χ3v) is 4.68. The summed E-state index contributed by atoms with van der Waals surface area (Å²) in [7, 11) is 1.90. The maximum atomic E-state index is 13.8. The van der Waals surface area contributed by atoms with Crippen LogP contribution < -0.4 is 5.32 Å². The zero-order valence-electron chi connectivity index (χ0n) is 15.9. The summed E-state index contributed by atoms with van der Waals surface area (Å²) in [6, 6.07) is 9.76. The SMILES string of the molecule is CN1C[C@@H](F)[C@@H](OCc2ccc(-n3cnc(Nc4cnc(C#N)cn4)c3)cc2)C1. The summed E-state index contributed by atoms with van der Waals surface area (Å²) in [4.78, 5) is 14.3. The molecule has 0 amide bonds. The first-order valence-corrected chi connectivity index (χ1v) is 9.17. The molecular formula is C20H20FN7O. The molecule has 8 nitrogen and oxygen atoms in total. The number of ether oxygens (including phenoxy) is 1. The number of likely N-dealkylation sites (N-methyl/N-ethyl adjacent to an activating group) is 1. The van der Waals surface area contributed by atoms with Gasteiger partial charge in [0.05, 0.1) is 25.2 Å². The molecule has 0 unspecified atom stereocenters. The number of hydrogen-bond donors (Lipinski definition) is 1. The highest BCUT2D eigenvalue weighted by molar-refractivity contribution is 5.51. The fourth-order valence-corrected chi connectivity index (χ4v) is 3.15. The van der Waals surface area contributed by atoms with E-state index in [9.17, 15) is 4.39 Å². The minimum Gasteiger partial charge on any atom is -0.369 e. The average Bonchev–Trinajstić information content (AvgIpc) is 3.33. The number of nitrogens with zero attached hydrogens (tertiary/aromatic N) is 6. The summed E-state index contributed by atoms with van der Waals surface area (Å²) in [5.41, 5.74) is 2.18. The molecule has 0 radical (unpaired) electrons. The molecule has 9 heteroatoms. The van der Waals surface area contributed by atoms with Crippen molar-refractivity contribution < 1.29 is 9.13 Å². The molecular weight excluding hydrogens is 373 g/mol. The zero-order chi connectivity index (χ0) is 20.2. The normalized spacial score (nSPS) is 19.2. The van der Waals surface area contributed by atoms with Crippen LogP contribution in [0.5, 0.6) is 0 Å². The lowest BCUT2D eigenvalue weighted by Gasteiger charge is -2.14. The lowest BCUT2D eigenvalue weighted by atomic mass is 10.2. The van der Waals surface area contributed by atoms with Crippen LogP contribution in [-0.4, -0.2) is 56.8 Å². The number of imidazole rings is 1. The second-order valence-electron chi connectivity index (χ2n) is 6.94. The van der Waals surface area contributed by atoms with Crippen molar-refractivity contribution in [2.75, 3.05) is 25.5 Å². The average molecular weight is 393 g/mol. The summed E-state index contributed by atoms with van der Waals surface area (Å²) < 4.78 is 21.4. The van der Waals surface area contributed by atoms with Gasteiger partial charge in [-0.25, -0.2) is 19.3 Å². The molecule has 1 N–H and O–H groups in total. The molecule has 1 aliphatic heterocycles. The molecule has 1 aliphatic rings. The van der Waals surface area contributed by atoms with E-state index in [2.05, 4.69) is 20.3 Å². The van der Waals surface area contributed by atoms with Gasteiger partial charge in [0.25, 0.3) is 0 Å². The van der Waals surface area contributed by atoms with Crippen molar-refractivity contribution in [3.8, 4) is 11.8 Å². The Morgan fingerprint density at radius 1 is 1.17 bits per heavy atom. The summed E-state index contributed by atoms with van der Waals surface area (Å²) >= 11 is 0. The van der Waals surface area contributed by atoms with Crippen LogP contribution in [0.4, 0.5) is 16.0 Å². The highest BCUT2D eigenvalue weighted by Crippen LogP contribution is 2.19. The van der Waals surface area contributed by atoms with E-state index < -0.39 is 6.17 Å². The molecule has 1 aromatic carbocycles. The van der Waals surface area contributed by atoms with Crippen molar-refractivity contribution in [3.63, 3.8) is 0 Å². The Kier molecular flexibility index (Phi) is 5.46. The molecule has 0 spiro atoms. The van der Waals surface area contributed by atoms with E-state index in [-0.39, 0.29) is 11.8 Å². The van der Waals surface area contributed by atoms with E-state index in [1.165, 1.54) is 12.4 Å². The van der Waals surface area contributed by atoms with E-state index in [1.807, 2.05) is 53.0 Å². The van der Waals surface area contributed by atoms with E-state index >= 15 is 0 Å². The highest BCUT2D eigenvalue weighted by atomic mass is 19.1. The number of likely N-dealkylation sites (tertiary alicyclic amines) is 1. The van der Waals surface area contributed by atoms with Crippen LogP contribution in [0.1, 0.15) is 11.3 Å². The lowest BCUT2D eigenvalue weighted by Crippen LogP contribution is -2.23. The van der Waals surface area contributed by atoms with Gasteiger partial charge in [0.1, 0.15) is 36.3 Å². The Morgan fingerprint density at radius 2 is 2.00 bits per heavy atom. The van der Waals surface area contributed by atoms with Crippen LogP contribution in [0.15, 0.2) is 49.2 Å². The van der Waals surface area contributed by atoms with Crippen molar-refractivity contribution in [2.24, 2.45) is 0 Å². The molecule has 1 saturated heterocycles. The van der Waals surface area contributed by atoms with Crippen molar-refractivity contribution in [1.82, 2.24) is 24.4 Å². The van der Waals surface area contributed by atoms with Crippen LogP contribution >= 0.6 is 0 Å².